The van der Waals surface area contributed by atoms with E-state index in [-0.39, 0.29) is 11.8 Å². The topological polar surface area (TPSA) is 60.2 Å². The van der Waals surface area contributed by atoms with Crippen LogP contribution < -0.4 is 0 Å². The monoisotopic (exact) mass is 282 g/mol. The van der Waals surface area contributed by atoms with E-state index in [9.17, 15) is 4.79 Å². The summed E-state index contributed by atoms with van der Waals surface area (Å²) < 4.78 is 10.8. The highest BCUT2D eigenvalue weighted by atomic mass is 16.5. The molecule has 114 valence electrons. The zero-order valence-corrected chi connectivity index (χ0v) is 13.4. The second-order valence-electron chi connectivity index (χ2n) is 5.81. The van der Waals surface area contributed by atoms with Gasteiger partial charge in [0.25, 0.3) is 0 Å². The number of Topliss-reactive ketones (excluding diaryl/α,β-unsaturated/α-hetero) is 1. The van der Waals surface area contributed by atoms with Crippen LogP contribution in [0.25, 0.3) is 0 Å². The predicted octanol–water partition coefficient (Wildman–Crippen LogP) is 2.63. The number of ether oxygens (including phenoxy) is 2. The Morgan fingerprint density at radius 2 is 2.00 bits per heavy atom. The first-order valence-corrected chi connectivity index (χ1v) is 7.09. The lowest BCUT2D eigenvalue weighted by Crippen LogP contribution is -2.44. The van der Waals surface area contributed by atoms with Gasteiger partial charge < -0.3 is 14.3 Å². The first kappa shape index (κ1) is 16.7. The van der Waals surface area contributed by atoms with Gasteiger partial charge in [-0.15, -0.1) is 0 Å². The molecular weight excluding hydrogens is 256 g/mol. The van der Waals surface area contributed by atoms with Crippen molar-refractivity contribution in [1.82, 2.24) is 0 Å². The fraction of sp³-hybridized carbons (Fsp3) is 0.800. The molecule has 0 aromatic carbocycles. The Kier molecular flexibility index (Phi) is 5.72. The maximum Gasteiger partial charge on any atom is 0.212 e. The Morgan fingerprint density at radius 3 is 2.45 bits per heavy atom. The fourth-order valence-corrected chi connectivity index (χ4v) is 2.40. The Labute approximate surface area is 121 Å². The van der Waals surface area contributed by atoms with Crippen molar-refractivity contribution in [3.8, 4) is 0 Å². The van der Waals surface area contributed by atoms with Gasteiger partial charge in [-0.3, -0.25) is 0 Å². The number of aliphatic imine (C=N–C) groups is 2. The van der Waals surface area contributed by atoms with Crippen molar-refractivity contribution >= 4 is 17.6 Å². The first-order valence-electron chi connectivity index (χ1n) is 7.09. The van der Waals surface area contributed by atoms with E-state index in [1.54, 1.807) is 21.1 Å². The number of carbonyl (C=O) groups is 1. The smallest absolute Gasteiger partial charge is 0.212 e. The highest BCUT2D eigenvalue weighted by Crippen LogP contribution is 2.28. The molecule has 0 spiro atoms. The molecule has 0 amide bonds. The van der Waals surface area contributed by atoms with Gasteiger partial charge in [0, 0.05) is 6.42 Å². The van der Waals surface area contributed by atoms with E-state index >= 15 is 0 Å². The number of methoxy groups -OCH3 is 2. The van der Waals surface area contributed by atoms with E-state index in [1.807, 2.05) is 6.92 Å². The van der Waals surface area contributed by atoms with E-state index < -0.39 is 5.54 Å². The van der Waals surface area contributed by atoms with E-state index in [1.165, 1.54) is 0 Å². The van der Waals surface area contributed by atoms with Gasteiger partial charge in [0.2, 0.25) is 11.8 Å². The summed E-state index contributed by atoms with van der Waals surface area (Å²) in [5, 5.41) is 0. The molecule has 0 aromatic rings. The SMILES string of the molecule is COC1=N[C@](C)(CCCC(C)=O)C(OC)=N[C@@H]1C(C)C. The summed E-state index contributed by atoms with van der Waals surface area (Å²) >= 11 is 0. The van der Waals surface area contributed by atoms with Gasteiger partial charge in [0.15, 0.2) is 0 Å². The standard InChI is InChI=1S/C15H26N2O3/c1-10(2)12-13(19-5)17-15(4,14(16-12)20-6)9-7-8-11(3)18/h10,12H,7-9H2,1-6H3/t12-,15-/m1/s1. The van der Waals surface area contributed by atoms with Crippen LogP contribution in [0.5, 0.6) is 0 Å². The van der Waals surface area contributed by atoms with Gasteiger partial charge in [0.1, 0.15) is 17.4 Å². The van der Waals surface area contributed by atoms with Crippen molar-refractivity contribution in [3.63, 3.8) is 0 Å². The minimum absolute atomic E-state index is 0.101. The van der Waals surface area contributed by atoms with Crippen molar-refractivity contribution in [3.05, 3.63) is 0 Å². The van der Waals surface area contributed by atoms with Crippen molar-refractivity contribution < 1.29 is 14.3 Å². The van der Waals surface area contributed by atoms with Crippen LogP contribution >= 0.6 is 0 Å². The number of rotatable bonds is 5. The summed E-state index contributed by atoms with van der Waals surface area (Å²) in [4.78, 5) is 20.4. The van der Waals surface area contributed by atoms with E-state index in [0.717, 1.165) is 12.8 Å². The second-order valence-corrected chi connectivity index (χ2v) is 5.81. The molecule has 1 rings (SSSR count). The molecule has 1 heterocycles. The van der Waals surface area contributed by atoms with Crippen LogP contribution in [-0.4, -0.2) is 43.4 Å². The first-order chi connectivity index (χ1) is 9.34. The molecule has 2 atom stereocenters. The zero-order chi connectivity index (χ0) is 15.3. The molecule has 0 aliphatic carbocycles. The van der Waals surface area contributed by atoms with Gasteiger partial charge in [0.05, 0.1) is 14.2 Å². The summed E-state index contributed by atoms with van der Waals surface area (Å²) in [7, 11) is 3.24. The molecule has 0 bridgehead atoms. The molecule has 0 fully saturated rings. The minimum Gasteiger partial charge on any atom is -0.483 e. The number of hydrogen-bond acceptors (Lipinski definition) is 5. The highest BCUT2D eigenvalue weighted by molar-refractivity contribution is 5.96. The summed E-state index contributed by atoms with van der Waals surface area (Å²) in [5.74, 6) is 1.75. The average Bonchev–Trinajstić information content (AvgIpc) is 2.37. The summed E-state index contributed by atoms with van der Waals surface area (Å²) in [6.45, 7) is 7.74. The maximum atomic E-state index is 11.1. The van der Waals surface area contributed by atoms with Gasteiger partial charge in [-0.25, -0.2) is 9.98 Å². The number of nitrogens with zero attached hydrogens (tertiary/aromatic N) is 2. The third-order valence-corrected chi connectivity index (χ3v) is 3.55. The van der Waals surface area contributed by atoms with Crippen LogP contribution in [0.4, 0.5) is 0 Å². The molecule has 0 radical (unpaired) electrons. The minimum atomic E-state index is -0.541. The number of hydrogen-bond donors (Lipinski definition) is 0. The molecule has 5 heteroatoms. The van der Waals surface area contributed by atoms with Crippen LogP contribution in [0, 0.1) is 5.92 Å². The molecule has 0 saturated heterocycles. The Bertz CT molecular complexity index is 415. The van der Waals surface area contributed by atoms with Crippen LogP contribution in [0.1, 0.15) is 47.0 Å². The molecule has 1 aliphatic heterocycles. The van der Waals surface area contributed by atoms with E-state index in [0.29, 0.717) is 24.1 Å². The Hall–Kier alpha value is -1.39. The van der Waals surface area contributed by atoms with Crippen LogP contribution in [0.15, 0.2) is 9.98 Å². The molecule has 1 aliphatic rings. The number of carbonyl (C=O) groups excluding carboxylic acids is 1. The molecule has 20 heavy (non-hydrogen) atoms. The molecular formula is C15H26N2O3. The maximum absolute atomic E-state index is 11.1. The summed E-state index contributed by atoms with van der Waals surface area (Å²) in [6.07, 6.45) is 2.04. The lowest BCUT2D eigenvalue weighted by molar-refractivity contribution is -0.117. The van der Waals surface area contributed by atoms with Gasteiger partial charge in [-0.1, -0.05) is 13.8 Å². The average molecular weight is 282 g/mol. The summed E-state index contributed by atoms with van der Waals surface area (Å²) in [5.41, 5.74) is -0.541. The predicted molar refractivity (Wildman–Crippen MR) is 80.5 cm³/mol. The lowest BCUT2D eigenvalue weighted by atomic mass is 9.91. The highest BCUT2D eigenvalue weighted by Gasteiger charge is 2.39. The van der Waals surface area contributed by atoms with Crippen LogP contribution in [0.2, 0.25) is 0 Å². The summed E-state index contributed by atoms with van der Waals surface area (Å²) in [6, 6.07) is -0.101. The third-order valence-electron chi connectivity index (χ3n) is 3.55. The van der Waals surface area contributed by atoms with Crippen molar-refractivity contribution in [2.24, 2.45) is 15.9 Å². The van der Waals surface area contributed by atoms with E-state index in [4.69, 9.17) is 14.5 Å². The van der Waals surface area contributed by atoms with Crippen molar-refractivity contribution in [2.75, 3.05) is 14.2 Å². The van der Waals surface area contributed by atoms with Crippen molar-refractivity contribution in [2.45, 2.75) is 58.5 Å². The third kappa shape index (κ3) is 3.81. The quantitative estimate of drug-likeness (QED) is 0.778. The van der Waals surface area contributed by atoms with Gasteiger partial charge >= 0.3 is 0 Å². The second kappa shape index (κ2) is 6.86. The molecule has 0 saturated carbocycles. The van der Waals surface area contributed by atoms with E-state index in [2.05, 4.69) is 18.8 Å². The largest absolute Gasteiger partial charge is 0.483 e. The van der Waals surface area contributed by atoms with Gasteiger partial charge in [-0.2, -0.15) is 0 Å². The molecule has 0 unspecified atom stereocenters. The zero-order valence-electron chi connectivity index (χ0n) is 13.4. The van der Waals surface area contributed by atoms with Crippen LogP contribution in [-0.2, 0) is 14.3 Å². The molecule has 0 N–H and O–H groups in total. The number of ketones is 1. The lowest BCUT2D eigenvalue weighted by Gasteiger charge is -2.33. The Morgan fingerprint density at radius 1 is 1.35 bits per heavy atom. The molecule has 5 nitrogen and oxygen atoms in total. The molecule has 0 aromatic heterocycles. The fourth-order valence-electron chi connectivity index (χ4n) is 2.40. The van der Waals surface area contributed by atoms with Crippen LogP contribution in [0.3, 0.4) is 0 Å². The van der Waals surface area contributed by atoms with Crippen molar-refractivity contribution in [1.29, 1.82) is 0 Å². The van der Waals surface area contributed by atoms with Gasteiger partial charge in [-0.05, 0) is 32.6 Å². The normalized spacial score (nSPS) is 26.1. The Balaban J connectivity index is 2.95.